The van der Waals surface area contributed by atoms with Gasteiger partial charge >= 0.3 is 0 Å². The van der Waals surface area contributed by atoms with E-state index in [4.69, 9.17) is 4.74 Å². The summed E-state index contributed by atoms with van der Waals surface area (Å²) in [7, 11) is -2.36. The van der Waals surface area contributed by atoms with Gasteiger partial charge in [0, 0.05) is 25.7 Å². The molecule has 0 aliphatic carbocycles. The fourth-order valence-electron chi connectivity index (χ4n) is 4.42. The van der Waals surface area contributed by atoms with Gasteiger partial charge in [-0.05, 0) is 42.5 Å². The van der Waals surface area contributed by atoms with Gasteiger partial charge in [0.1, 0.15) is 11.8 Å². The zero-order valence-electron chi connectivity index (χ0n) is 19.6. The van der Waals surface area contributed by atoms with Crippen molar-refractivity contribution in [1.29, 1.82) is 0 Å². The van der Waals surface area contributed by atoms with Crippen LogP contribution in [0.3, 0.4) is 0 Å². The summed E-state index contributed by atoms with van der Waals surface area (Å²) in [5.74, 6) is 0.301. The monoisotopic (exact) mass is 478 g/mol. The van der Waals surface area contributed by atoms with Crippen LogP contribution in [-0.2, 0) is 27.9 Å². The smallest absolute Gasteiger partial charge is 0.244 e. The van der Waals surface area contributed by atoms with Gasteiger partial charge in [0.05, 0.1) is 12.0 Å². The van der Waals surface area contributed by atoms with Crippen molar-refractivity contribution in [2.75, 3.05) is 13.7 Å². The first-order chi connectivity index (χ1) is 16.4. The zero-order chi connectivity index (χ0) is 24.1. The Kier molecular flexibility index (Phi) is 7.34. The molecule has 0 aromatic heterocycles. The maximum Gasteiger partial charge on any atom is 0.244 e. The number of hydrogen-bond acceptors (Lipinski definition) is 4. The summed E-state index contributed by atoms with van der Waals surface area (Å²) in [5, 5.41) is 0. The van der Waals surface area contributed by atoms with E-state index in [2.05, 4.69) is 0 Å². The summed E-state index contributed by atoms with van der Waals surface area (Å²) in [6, 6.07) is 23.8. The van der Waals surface area contributed by atoms with E-state index < -0.39 is 16.1 Å². The highest BCUT2D eigenvalue weighted by Gasteiger charge is 2.41. The van der Waals surface area contributed by atoms with E-state index >= 15 is 0 Å². The molecule has 0 spiro atoms. The van der Waals surface area contributed by atoms with Crippen LogP contribution in [0.4, 0.5) is 0 Å². The molecule has 1 saturated heterocycles. The summed E-state index contributed by atoms with van der Waals surface area (Å²) in [6.07, 6.45) is 1.14. The maximum atomic E-state index is 13.8. The van der Waals surface area contributed by atoms with E-state index in [1.54, 1.807) is 24.0 Å². The molecule has 1 atom stereocenters. The third-order valence-corrected chi connectivity index (χ3v) is 8.27. The third kappa shape index (κ3) is 5.16. The van der Waals surface area contributed by atoms with E-state index in [1.165, 1.54) is 17.5 Å². The van der Waals surface area contributed by atoms with Crippen LogP contribution in [-0.4, -0.2) is 43.2 Å². The summed E-state index contributed by atoms with van der Waals surface area (Å²) >= 11 is 0. The minimum Gasteiger partial charge on any atom is -0.497 e. The number of sulfonamides is 1. The minimum atomic E-state index is -3.87. The Labute approximate surface area is 201 Å². The normalized spacial score (nSPS) is 16.4. The molecule has 1 fully saturated rings. The van der Waals surface area contributed by atoms with E-state index in [1.807, 2.05) is 60.7 Å². The van der Waals surface area contributed by atoms with Crippen molar-refractivity contribution in [3.8, 4) is 5.75 Å². The van der Waals surface area contributed by atoms with Crippen molar-refractivity contribution < 1.29 is 17.9 Å². The predicted molar refractivity (Wildman–Crippen MR) is 132 cm³/mol. The average molecular weight is 479 g/mol. The Balaban J connectivity index is 1.65. The van der Waals surface area contributed by atoms with Crippen LogP contribution < -0.4 is 4.74 Å². The van der Waals surface area contributed by atoms with Gasteiger partial charge in [-0.2, -0.15) is 4.31 Å². The van der Waals surface area contributed by atoms with E-state index in [0.29, 0.717) is 43.8 Å². The lowest BCUT2D eigenvalue weighted by Crippen LogP contribution is -2.47. The molecule has 1 aliphatic heterocycles. The van der Waals surface area contributed by atoms with Gasteiger partial charge in [0.25, 0.3) is 0 Å². The van der Waals surface area contributed by atoms with E-state index in [0.717, 1.165) is 11.1 Å². The van der Waals surface area contributed by atoms with Gasteiger partial charge in [-0.25, -0.2) is 8.42 Å². The lowest BCUT2D eigenvalue weighted by Gasteiger charge is -2.30. The fraction of sp³-hybridized carbons (Fsp3) is 0.296. The number of methoxy groups -OCH3 is 1. The van der Waals surface area contributed by atoms with Gasteiger partial charge in [0.15, 0.2) is 0 Å². The first-order valence-electron chi connectivity index (χ1n) is 11.4. The van der Waals surface area contributed by atoms with Crippen molar-refractivity contribution in [2.45, 2.75) is 43.8 Å². The number of nitrogens with zero attached hydrogens (tertiary/aromatic N) is 2. The van der Waals surface area contributed by atoms with Crippen molar-refractivity contribution in [3.63, 3.8) is 0 Å². The fourth-order valence-corrected chi connectivity index (χ4v) is 6.31. The number of benzene rings is 3. The second-order valence-corrected chi connectivity index (χ2v) is 10.4. The molecule has 0 saturated carbocycles. The first-order valence-corrected chi connectivity index (χ1v) is 12.9. The van der Waals surface area contributed by atoms with Crippen LogP contribution >= 0.6 is 0 Å². The molecule has 7 heteroatoms. The summed E-state index contributed by atoms with van der Waals surface area (Å²) in [5.41, 5.74) is 2.63. The number of amides is 1. The van der Waals surface area contributed by atoms with Crippen molar-refractivity contribution in [2.24, 2.45) is 0 Å². The zero-order valence-corrected chi connectivity index (χ0v) is 20.4. The molecule has 1 heterocycles. The highest BCUT2D eigenvalue weighted by atomic mass is 32.2. The van der Waals surface area contributed by atoms with E-state index in [-0.39, 0.29) is 10.8 Å². The van der Waals surface area contributed by atoms with Crippen LogP contribution in [0.1, 0.15) is 29.5 Å². The van der Waals surface area contributed by atoms with Gasteiger partial charge < -0.3 is 9.64 Å². The lowest BCUT2D eigenvalue weighted by molar-refractivity contribution is -0.135. The second-order valence-electron chi connectivity index (χ2n) is 8.57. The van der Waals surface area contributed by atoms with Gasteiger partial charge in [-0.15, -0.1) is 0 Å². The highest BCUT2D eigenvalue weighted by Crippen LogP contribution is 2.31. The Bertz CT molecular complexity index is 1190. The highest BCUT2D eigenvalue weighted by molar-refractivity contribution is 7.89. The van der Waals surface area contributed by atoms with Crippen LogP contribution in [0.25, 0.3) is 0 Å². The number of carbonyl (C=O) groups excluding carboxylic acids is 1. The molecular formula is C27H30N2O4S. The van der Waals surface area contributed by atoms with Gasteiger partial charge in [0.2, 0.25) is 15.9 Å². The molecule has 3 aromatic rings. The SMILES string of the molecule is COc1ccc(C)c(S(=O)(=O)N2CCC[C@H]2C(=O)N(Cc2ccccc2)Cc2ccccc2)c1. The molecule has 1 amide bonds. The van der Waals surface area contributed by atoms with Crippen LogP contribution in [0.2, 0.25) is 0 Å². The summed E-state index contributed by atoms with van der Waals surface area (Å²) in [4.78, 5) is 15.8. The van der Waals surface area contributed by atoms with Crippen molar-refractivity contribution >= 4 is 15.9 Å². The average Bonchev–Trinajstić information content (AvgIpc) is 3.36. The van der Waals surface area contributed by atoms with Crippen LogP contribution in [0.15, 0.2) is 83.8 Å². The Hall–Kier alpha value is -3.16. The van der Waals surface area contributed by atoms with Gasteiger partial charge in [-0.1, -0.05) is 66.7 Å². The standard InChI is InChI=1S/C27H30N2O4S/c1-21-15-16-24(33-2)18-26(21)34(31,32)29-17-9-14-25(29)27(30)28(19-22-10-5-3-6-11-22)20-23-12-7-4-8-13-23/h3-8,10-13,15-16,18,25H,9,14,17,19-20H2,1-2H3/t25-/m0/s1. The molecule has 4 rings (SSSR count). The molecule has 0 radical (unpaired) electrons. The summed E-state index contributed by atoms with van der Waals surface area (Å²) < 4.78 is 34.0. The lowest BCUT2D eigenvalue weighted by atomic mass is 10.1. The number of hydrogen-bond donors (Lipinski definition) is 0. The molecule has 34 heavy (non-hydrogen) atoms. The van der Waals surface area contributed by atoms with Crippen molar-refractivity contribution in [3.05, 3.63) is 95.6 Å². The largest absolute Gasteiger partial charge is 0.497 e. The quantitative estimate of drug-likeness (QED) is 0.482. The minimum absolute atomic E-state index is 0.172. The van der Waals surface area contributed by atoms with Crippen LogP contribution in [0.5, 0.6) is 5.75 Å². The molecule has 6 nitrogen and oxygen atoms in total. The topological polar surface area (TPSA) is 66.9 Å². The molecule has 0 unspecified atom stereocenters. The number of carbonyl (C=O) groups is 1. The molecule has 3 aromatic carbocycles. The number of ether oxygens (including phenoxy) is 1. The second kappa shape index (κ2) is 10.4. The van der Waals surface area contributed by atoms with Crippen LogP contribution in [0, 0.1) is 6.92 Å². The molecule has 0 N–H and O–H groups in total. The predicted octanol–water partition coefficient (Wildman–Crippen LogP) is 4.39. The number of rotatable bonds is 8. The Morgan fingerprint density at radius 1 is 0.971 bits per heavy atom. The molecular weight excluding hydrogens is 448 g/mol. The number of aryl methyl sites for hydroxylation is 1. The summed E-state index contributed by atoms with van der Waals surface area (Å²) in [6.45, 7) is 2.91. The third-order valence-electron chi connectivity index (χ3n) is 6.21. The first kappa shape index (κ1) is 24.0. The Morgan fingerprint density at radius 3 is 2.12 bits per heavy atom. The Morgan fingerprint density at radius 2 is 1.56 bits per heavy atom. The van der Waals surface area contributed by atoms with Gasteiger partial charge in [-0.3, -0.25) is 4.79 Å². The maximum absolute atomic E-state index is 13.8. The van der Waals surface area contributed by atoms with Crippen molar-refractivity contribution in [1.82, 2.24) is 9.21 Å². The molecule has 1 aliphatic rings. The molecule has 0 bridgehead atoms. The molecule has 178 valence electrons. The van der Waals surface area contributed by atoms with E-state index in [9.17, 15) is 13.2 Å².